The van der Waals surface area contributed by atoms with Crippen LogP contribution >= 0.6 is 0 Å². The largest absolute Gasteiger partial charge is 0.505 e. The normalized spacial score (nSPS) is 10.3. The van der Waals surface area contributed by atoms with Gasteiger partial charge in [0, 0.05) is 11.6 Å². The van der Waals surface area contributed by atoms with Crippen LogP contribution in [-0.4, -0.2) is 15.1 Å². The predicted molar refractivity (Wildman–Crippen MR) is 55.1 cm³/mol. The lowest BCUT2D eigenvalue weighted by atomic mass is 10.1. The zero-order valence-electron chi connectivity index (χ0n) is 7.64. The molecule has 0 aliphatic heterocycles. The monoisotopic (exact) mass is 186 g/mol. The number of phenolic OH excluding ortho intramolecular Hbond substituents is 1. The van der Waals surface area contributed by atoms with Gasteiger partial charge in [0.1, 0.15) is 17.6 Å². The Bertz CT molecular complexity index is 480. The van der Waals surface area contributed by atoms with Gasteiger partial charge in [0.2, 0.25) is 0 Å². The first kappa shape index (κ1) is 8.69. The number of phenols is 1. The van der Waals surface area contributed by atoms with E-state index in [-0.39, 0.29) is 5.75 Å². The van der Waals surface area contributed by atoms with Crippen molar-refractivity contribution >= 4 is 10.9 Å². The maximum atomic E-state index is 9.84. The van der Waals surface area contributed by atoms with Crippen molar-refractivity contribution in [2.75, 3.05) is 0 Å². The summed E-state index contributed by atoms with van der Waals surface area (Å²) in [6, 6.07) is 3.76. The first-order chi connectivity index (χ1) is 6.83. The van der Waals surface area contributed by atoms with Crippen LogP contribution in [-0.2, 0) is 6.42 Å². The van der Waals surface area contributed by atoms with Crippen LogP contribution in [0.5, 0.6) is 5.75 Å². The van der Waals surface area contributed by atoms with E-state index in [1.54, 1.807) is 12.3 Å². The molecule has 1 N–H and O–H groups in total. The van der Waals surface area contributed by atoms with Gasteiger partial charge in [-0.1, -0.05) is 18.2 Å². The molecule has 0 amide bonds. The molecule has 0 aliphatic carbocycles. The van der Waals surface area contributed by atoms with Crippen molar-refractivity contribution in [1.82, 2.24) is 9.97 Å². The molecule has 2 aromatic rings. The second-order valence-electron chi connectivity index (χ2n) is 3.03. The van der Waals surface area contributed by atoms with Gasteiger partial charge in [-0.05, 0) is 12.0 Å². The molecule has 0 bridgehead atoms. The van der Waals surface area contributed by atoms with E-state index in [1.807, 2.05) is 12.1 Å². The fourth-order valence-electron chi connectivity index (χ4n) is 1.40. The Hall–Kier alpha value is -1.90. The van der Waals surface area contributed by atoms with Crippen LogP contribution in [0.3, 0.4) is 0 Å². The van der Waals surface area contributed by atoms with Gasteiger partial charge in [-0.15, -0.1) is 6.58 Å². The van der Waals surface area contributed by atoms with Gasteiger partial charge >= 0.3 is 0 Å². The summed E-state index contributed by atoms with van der Waals surface area (Å²) in [4.78, 5) is 7.92. The molecule has 0 atom stereocenters. The number of aromatic hydroxyl groups is 1. The molecule has 1 aromatic carbocycles. The number of aromatic nitrogens is 2. The van der Waals surface area contributed by atoms with E-state index in [0.717, 1.165) is 10.9 Å². The molecule has 0 aliphatic rings. The van der Waals surface area contributed by atoms with Crippen LogP contribution in [0, 0.1) is 0 Å². The summed E-state index contributed by atoms with van der Waals surface area (Å²) in [6.45, 7) is 3.63. The van der Waals surface area contributed by atoms with Crippen molar-refractivity contribution in [3.05, 3.63) is 42.9 Å². The molecule has 0 saturated heterocycles. The summed E-state index contributed by atoms with van der Waals surface area (Å²) < 4.78 is 0. The highest BCUT2D eigenvalue weighted by Crippen LogP contribution is 2.26. The predicted octanol–water partition coefficient (Wildman–Crippen LogP) is 2.06. The van der Waals surface area contributed by atoms with Crippen molar-refractivity contribution in [1.29, 1.82) is 0 Å². The Labute approximate surface area is 81.8 Å². The van der Waals surface area contributed by atoms with Gasteiger partial charge in [0.15, 0.2) is 0 Å². The Morgan fingerprint density at radius 1 is 1.43 bits per heavy atom. The number of hydrogen-bond donors (Lipinski definition) is 1. The molecular weight excluding hydrogens is 176 g/mol. The second kappa shape index (κ2) is 3.46. The third-order valence-electron chi connectivity index (χ3n) is 2.10. The van der Waals surface area contributed by atoms with Crippen molar-refractivity contribution in [3.8, 4) is 5.75 Å². The molecule has 0 saturated carbocycles. The molecule has 0 spiro atoms. The molecule has 2 rings (SSSR count). The average molecular weight is 186 g/mol. The number of allylic oxidation sites excluding steroid dienone is 1. The molecule has 0 unspecified atom stereocenters. The number of fused-ring (bicyclic) bond motifs is 1. The quantitative estimate of drug-likeness (QED) is 0.730. The lowest BCUT2D eigenvalue weighted by Gasteiger charge is -2.04. The first-order valence-electron chi connectivity index (χ1n) is 4.34. The highest BCUT2D eigenvalue weighted by molar-refractivity contribution is 5.84. The highest BCUT2D eigenvalue weighted by atomic mass is 16.3. The molecule has 14 heavy (non-hydrogen) atoms. The fourth-order valence-corrected chi connectivity index (χ4v) is 1.40. The van der Waals surface area contributed by atoms with Gasteiger partial charge in [-0.2, -0.15) is 0 Å². The topological polar surface area (TPSA) is 46.0 Å². The van der Waals surface area contributed by atoms with Crippen LogP contribution in [0.25, 0.3) is 10.9 Å². The third kappa shape index (κ3) is 1.33. The molecule has 0 radical (unpaired) electrons. The van der Waals surface area contributed by atoms with E-state index in [2.05, 4.69) is 16.5 Å². The second-order valence-corrected chi connectivity index (χ2v) is 3.03. The van der Waals surface area contributed by atoms with E-state index in [9.17, 15) is 5.11 Å². The van der Waals surface area contributed by atoms with E-state index in [4.69, 9.17) is 0 Å². The van der Waals surface area contributed by atoms with E-state index in [0.29, 0.717) is 11.9 Å². The van der Waals surface area contributed by atoms with Crippen molar-refractivity contribution < 1.29 is 5.11 Å². The number of rotatable bonds is 2. The van der Waals surface area contributed by atoms with Crippen molar-refractivity contribution in [3.63, 3.8) is 0 Å². The van der Waals surface area contributed by atoms with Crippen LogP contribution in [0.4, 0.5) is 0 Å². The van der Waals surface area contributed by atoms with Crippen LogP contribution in [0.15, 0.2) is 37.3 Å². The van der Waals surface area contributed by atoms with Gasteiger partial charge in [0.05, 0.1) is 0 Å². The Morgan fingerprint density at radius 2 is 2.29 bits per heavy atom. The molecule has 70 valence electrons. The lowest BCUT2D eigenvalue weighted by molar-refractivity contribution is 0.475. The summed E-state index contributed by atoms with van der Waals surface area (Å²) >= 11 is 0. The first-order valence-corrected chi connectivity index (χ1v) is 4.34. The van der Waals surface area contributed by atoms with Gasteiger partial charge in [-0.3, -0.25) is 0 Å². The summed E-state index contributed by atoms with van der Waals surface area (Å²) in [6.07, 6.45) is 5.51. The summed E-state index contributed by atoms with van der Waals surface area (Å²) in [5.74, 6) is 0.227. The molecule has 1 aromatic heterocycles. The van der Waals surface area contributed by atoms with Gasteiger partial charge in [-0.25, -0.2) is 9.97 Å². The maximum Gasteiger partial charge on any atom is 0.145 e. The summed E-state index contributed by atoms with van der Waals surface area (Å²) in [5.41, 5.74) is 1.44. The molecule has 1 heterocycles. The molecule has 3 nitrogen and oxygen atoms in total. The zero-order chi connectivity index (χ0) is 9.97. The fraction of sp³-hybridized carbons (Fsp3) is 0.0909. The number of nitrogens with zero attached hydrogens (tertiary/aromatic N) is 2. The van der Waals surface area contributed by atoms with E-state index in [1.165, 1.54) is 6.33 Å². The Balaban J connectivity index is 2.68. The van der Waals surface area contributed by atoms with Gasteiger partial charge in [0.25, 0.3) is 0 Å². The molecule has 3 heteroatoms. The third-order valence-corrected chi connectivity index (χ3v) is 2.10. The average Bonchev–Trinajstić information content (AvgIpc) is 2.23. The maximum absolute atomic E-state index is 9.84. The van der Waals surface area contributed by atoms with Crippen molar-refractivity contribution in [2.24, 2.45) is 0 Å². The van der Waals surface area contributed by atoms with Crippen LogP contribution in [0.1, 0.15) is 5.56 Å². The summed E-state index contributed by atoms with van der Waals surface area (Å²) in [7, 11) is 0. The zero-order valence-corrected chi connectivity index (χ0v) is 7.64. The van der Waals surface area contributed by atoms with Crippen LogP contribution in [0.2, 0.25) is 0 Å². The van der Waals surface area contributed by atoms with Crippen LogP contribution < -0.4 is 0 Å². The number of hydrogen-bond acceptors (Lipinski definition) is 3. The van der Waals surface area contributed by atoms with Crippen molar-refractivity contribution in [2.45, 2.75) is 6.42 Å². The molecular formula is C11H10N2O. The Kier molecular flexibility index (Phi) is 2.14. The minimum Gasteiger partial charge on any atom is -0.505 e. The minimum absolute atomic E-state index is 0.227. The van der Waals surface area contributed by atoms with E-state index >= 15 is 0 Å². The SMILES string of the molecule is C=CCc1ccc2cncnc2c1O. The smallest absolute Gasteiger partial charge is 0.145 e. The lowest BCUT2D eigenvalue weighted by Crippen LogP contribution is -1.87. The highest BCUT2D eigenvalue weighted by Gasteiger charge is 2.05. The molecule has 0 fully saturated rings. The number of benzene rings is 1. The standard InChI is InChI=1S/C11H10N2O/c1-2-3-8-4-5-9-6-12-7-13-10(9)11(8)14/h2,4-7,14H,1,3H2. The van der Waals surface area contributed by atoms with Gasteiger partial charge < -0.3 is 5.11 Å². The minimum atomic E-state index is 0.227. The summed E-state index contributed by atoms with van der Waals surface area (Å²) in [5, 5.41) is 10.7. The van der Waals surface area contributed by atoms with E-state index < -0.39 is 0 Å². The Morgan fingerprint density at radius 3 is 3.07 bits per heavy atom.